The fourth-order valence-electron chi connectivity index (χ4n) is 2.91. The Balaban J connectivity index is 1.52. The van der Waals surface area contributed by atoms with Gasteiger partial charge >= 0.3 is 12.0 Å². The molecule has 154 valence electrons. The number of nitrogens with zero attached hydrogens (tertiary/aromatic N) is 1. The van der Waals surface area contributed by atoms with Crippen molar-refractivity contribution in [3.63, 3.8) is 0 Å². The van der Waals surface area contributed by atoms with Crippen LogP contribution in [0.5, 0.6) is 0 Å². The molecule has 0 saturated carbocycles. The van der Waals surface area contributed by atoms with Crippen LogP contribution in [-0.2, 0) is 20.7 Å². The number of aromatic nitrogens is 2. The SMILES string of the molecule is Cc1ccc(NC(=O)NC(=O)COC(=O)Cc2n[nH]c(=O)c3ccccc23)c(C)c1. The van der Waals surface area contributed by atoms with Gasteiger partial charge in [0.2, 0.25) is 0 Å². The zero-order valence-electron chi connectivity index (χ0n) is 16.4. The van der Waals surface area contributed by atoms with Gasteiger partial charge in [0.15, 0.2) is 6.61 Å². The van der Waals surface area contributed by atoms with Crippen molar-refractivity contribution in [1.82, 2.24) is 15.5 Å². The standard InChI is InChI=1S/C21H20N4O5/c1-12-7-8-16(13(2)9-12)22-21(29)23-18(26)11-30-19(27)10-17-14-5-3-4-6-15(14)20(28)25-24-17/h3-9H,10-11H2,1-2H3,(H,25,28)(H2,22,23,26,29). The molecular formula is C21H20N4O5. The second-order valence-electron chi connectivity index (χ2n) is 6.70. The number of fused-ring (bicyclic) bond motifs is 1. The number of nitrogens with one attached hydrogen (secondary N) is 3. The fourth-order valence-corrected chi connectivity index (χ4v) is 2.91. The molecule has 0 fully saturated rings. The minimum atomic E-state index is -0.773. The maximum atomic E-state index is 12.1. The molecule has 0 aliphatic heterocycles. The van der Waals surface area contributed by atoms with Gasteiger partial charge < -0.3 is 10.1 Å². The summed E-state index contributed by atoms with van der Waals surface area (Å²) >= 11 is 0. The van der Waals surface area contributed by atoms with E-state index in [1.165, 1.54) is 0 Å². The molecule has 9 heteroatoms. The van der Waals surface area contributed by atoms with E-state index >= 15 is 0 Å². The molecule has 0 radical (unpaired) electrons. The number of carbonyl (C=O) groups is 3. The van der Waals surface area contributed by atoms with Crippen molar-refractivity contribution >= 4 is 34.4 Å². The highest BCUT2D eigenvalue weighted by Gasteiger charge is 2.15. The third-order valence-corrected chi connectivity index (χ3v) is 4.33. The lowest BCUT2D eigenvalue weighted by molar-refractivity contribution is -0.147. The Labute approximate surface area is 171 Å². The molecule has 0 aliphatic rings. The van der Waals surface area contributed by atoms with Gasteiger partial charge in [-0.25, -0.2) is 9.89 Å². The number of anilines is 1. The summed E-state index contributed by atoms with van der Waals surface area (Å²) in [5.41, 5.74) is 2.43. The maximum Gasteiger partial charge on any atom is 0.325 e. The second kappa shape index (κ2) is 8.99. The summed E-state index contributed by atoms with van der Waals surface area (Å²) in [6.45, 7) is 3.14. The van der Waals surface area contributed by atoms with Gasteiger partial charge in [-0.15, -0.1) is 0 Å². The van der Waals surface area contributed by atoms with Gasteiger partial charge in [0.25, 0.3) is 11.5 Å². The summed E-state index contributed by atoms with van der Waals surface area (Å²) in [7, 11) is 0. The number of amides is 3. The first-order valence-electron chi connectivity index (χ1n) is 9.13. The Kier molecular flexibility index (Phi) is 6.21. The fraction of sp³-hybridized carbons (Fsp3) is 0.190. The number of esters is 1. The number of rotatable bonds is 5. The van der Waals surface area contributed by atoms with Crippen LogP contribution in [-0.4, -0.2) is 34.7 Å². The molecular weight excluding hydrogens is 388 g/mol. The zero-order chi connectivity index (χ0) is 21.7. The number of hydrogen-bond donors (Lipinski definition) is 3. The lowest BCUT2D eigenvalue weighted by atomic mass is 10.1. The molecule has 0 bridgehead atoms. The van der Waals surface area contributed by atoms with Gasteiger partial charge in [-0.1, -0.05) is 35.9 Å². The quantitative estimate of drug-likeness (QED) is 0.554. The van der Waals surface area contributed by atoms with Crippen molar-refractivity contribution in [3.8, 4) is 0 Å². The van der Waals surface area contributed by atoms with Gasteiger partial charge in [-0.05, 0) is 31.5 Å². The summed E-state index contributed by atoms with van der Waals surface area (Å²) in [4.78, 5) is 47.7. The number of imide groups is 1. The van der Waals surface area contributed by atoms with E-state index in [2.05, 4.69) is 20.8 Å². The summed E-state index contributed by atoms with van der Waals surface area (Å²) < 4.78 is 4.91. The molecule has 1 aromatic heterocycles. The van der Waals surface area contributed by atoms with Gasteiger partial charge in [0.05, 0.1) is 17.5 Å². The Morgan fingerprint density at radius 2 is 1.80 bits per heavy atom. The minimum Gasteiger partial charge on any atom is -0.455 e. The molecule has 0 aliphatic carbocycles. The normalized spacial score (nSPS) is 10.5. The average Bonchev–Trinajstić information content (AvgIpc) is 2.71. The van der Waals surface area contributed by atoms with Crippen LogP contribution in [0, 0.1) is 13.8 Å². The molecule has 0 unspecified atom stereocenters. The average molecular weight is 408 g/mol. The molecule has 3 aromatic rings. The van der Waals surface area contributed by atoms with E-state index in [4.69, 9.17) is 4.74 Å². The highest BCUT2D eigenvalue weighted by atomic mass is 16.5. The minimum absolute atomic E-state index is 0.237. The van der Waals surface area contributed by atoms with E-state index in [1.807, 2.05) is 26.0 Å². The molecule has 0 saturated heterocycles. The molecule has 2 aromatic carbocycles. The van der Waals surface area contributed by atoms with Crippen molar-refractivity contribution in [1.29, 1.82) is 0 Å². The Morgan fingerprint density at radius 1 is 1.07 bits per heavy atom. The van der Waals surface area contributed by atoms with E-state index in [9.17, 15) is 19.2 Å². The van der Waals surface area contributed by atoms with E-state index in [-0.39, 0.29) is 12.0 Å². The van der Waals surface area contributed by atoms with E-state index in [1.54, 1.807) is 30.3 Å². The highest BCUT2D eigenvalue weighted by molar-refractivity contribution is 6.02. The van der Waals surface area contributed by atoms with Crippen LogP contribution in [0.25, 0.3) is 10.8 Å². The van der Waals surface area contributed by atoms with Crippen molar-refractivity contribution in [2.24, 2.45) is 0 Å². The van der Waals surface area contributed by atoms with Crippen LogP contribution in [0.1, 0.15) is 16.8 Å². The molecule has 3 N–H and O–H groups in total. The third-order valence-electron chi connectivity index (χ3n) is 4.33. The third kappa shape index (κ3) is 5.07. The first-order chi connectivity index (χ1) is 14.3. The molecule has 1 heterocycles. The summed E-state index contributed by atoms with van der Waals surface area (Å²) in [5.74, 6) is -1.49. The predicted octanol–water partition coefficient (Wildman–Crippen LogP) is 1.97. The molecule has 0 atom stereocenters. The Bertz CT molecular complexity index is 1190. The van der Waals surface area contributed by atoms with Crippen molar-refractivity contribution < 1.29 is 19.1 Å². The number of carbonyl (C=O) groups excluding carboxylic acids is 3. The molecule has 3 amide bonds. The lowest BCUT2D eigenvalue weighted by Gasteiger charge is -2.10. The smallest absolute Gasteiger partial charge is 0.325 e. The van der Waals surface area contributed by atoms with Gasteiger partial charge in [0.1, 0.15) is 0 Å². The lowest BCUT2D eigenvalue weighted by Crippen LogP contribution is -2.37. The number of H-pyrrole nitrogens is 1. The Morgan fingerprint density at radius 3 is 2.53 bits per heavy atom. The highest BCUT2D eigenvalue weighted by Crippen LogP contribution is 2.16. The summed E-state index contributed by atoms with van der Waals surface area (Å²) in [6, 6.07) is 11.4. The maximum absolute atomic E-state index is 12.1. The number of ether oxygens (including phenoxy) is 1. The summed E-state index contributed by atoms with van der Waals surface area (Å²) in [6.07, 6.45) is -0.237. The monoisotopic (exact) mass is 408 g/mol. The number of benzene rings is 2. The number of aryl methyl sites for hydroxylation is 2. The van der Waals surface area contributed by atoms with E-state index < -0.39 is 24.5 Å². The van der Waals surface area contributed by atoms with E-state index in [0.29, 0.717) is 22.2 Å². The number of aromatic amines is 1. The number of hydrogen-bond acceptors (Lipinski definition) is 6. The van der Waals surface area contributed by atoms with Crippen LogP contribution in [0.2, 0.25) is 0 Å². The molecule has 0 spiro atoms. The predicted molar refractivity (Wildman–Crippen MR) is 110 cm³/mol. The van der Waals surface area contributed by atoms with Crippen molar-refractivity contribution in [3.05, 3.63) is 69.6 Å². The zero-order valence-corrected chi connectivity index (χ0v) is 16.4. The van der Waals surface area contributed by atoms with Crippen LogP contribution in [0.4, 0.5) is 10.5 Å². The second-order valence-corrected chi connectivity index (χ2v) is 6.70. The molecule has 9 nitrogen and oxygen atoms in total. The van der Waals surface area contributed by atoms with Crippen molar-refractivity contribution in [2.45, 2.75) is 20.3 Å². The van der Waals surface area contributed by atoms with Gasteiger partial charge in [-0.3, -0.25) is 19.7 Å². The summed E-state index contributed by atoms with van der Waals surface area (Å²) in [5, 5.41) is 11.8. The van der Waals surface area contributed by atoms with E-state index in [0.717, 1.165) is 11.1 Å². The van der Waals surface area contributed by atoms with Crippen LogP contribution in [0.3, 0.4) is 0 Å². The van der Waals surface area contributed by atoms with Crippen LogP contribution >= 0.6 is 0 Å². The van der Waals surface area contributed by atoms with Gasteiger partial charge in [0, 0.05) is 11.1 Å². The van der Waals surface area contributed by atoms with Crippen LogP contribution in [0.15, 0.2) is 47.3 Å². The largest absolute Gasteiger partial charge is 0.455 e. The topological polar surface area (TPSA) is 130 Å². The molecule has 30 heavy (non-hydrogen) atoms. The first kappa shape index (κ1) is 20.7. The van der Waals surface area contributed by atoms with Crippen molar-refractivity contribution in [2.75, 3.05) is 11.9 Å². The van der Waals surface area contributed by atoms with Gasteiger partial charge in [-0.2, -0.15) is 5.10 Å². The molecule has 3 rings (SSSR count). The number of urea groups is 1. The van der Waals surface area contributed by atoms with Crippen LogP contribution < -0.4 is 16.2 Å². The first-order valence-corrected chi connectivity index (χ1v) is 9.13. The Hall–Kier alpha value is -4.01.